The lowest BCUT2D eigenvalue weighted by atomic mass is 10.1. The van der Waals surface area contributed by atoms with Gasteiger partial charge in [-0.15, -0.1) is 0 Å². The molecule has 1 rings (SSSR count). The summed E-state index contributed by atoms with van der Waals surface area (Å²) in [7, 11) is 1.77. The monoisotopic (exact) mass is 251 g/mol. The van der Waals surface area contributed by atoms with Gasteiger partial charge in [0.1, 0.15) is 0 Å². The summed E-state index contributed by atoms with van der Waals surface area (Å²) < 4.78 is 5.23. The number of nitrogen functional groups attached to an aromatic ring is 1. The van der Waals surface area contributed by atoms with Crippen LogP contribution in [0.5, 0.6) is 0 Å². The van der Waals surface area contributed by atoms with Crippen molar-refractivity contribution in [1.29, 1.82) is 0 Å². The summed E-state index contributed by atoms with van der Waals surface area (Å²) in [6.45, 7) is 5.65. The number of benzene rings is 1. The Balaban J connectivity index is 2.68. The summed E-state index contributed by atoms with van der Waals surface area (Å²) in [4.78, 5) is 13.8. The third-order valence-corrected chi connectivity index (χ3v) is 2.75. The highest BCUT2D eigenvalue weighted by molar-refractivity contribution is 5.94. The fourth-order valence-corrected chi connectivity index (χ4v) is 1.63. The number of anilines is 1. The van der Waals surface area contributed by atoms with Crippen LogP contribution in [-0.4, -0.2) is 37.6 Å². The van der Waals surface area contributed by atoms with Gasteiger partial charge in [-0.05, 0) is 37.6 Å². The van der Waals surface area contributed by atoms with Crippen molar-refractivity contribution in [3.63, 3.8) is 0 Å². The summed E-state index contributed by atoms with van der Waals surface area (Å²) in [5.41, 5.74) is 5.01. The molecular formula is C13H21N3O2. The highest BCUT2D eigenvalue weighted by atomic mass is 16.5. The molecule has 3 N–H and O–H groups in total. The lowest BCUT2D eigenvalue weighted by Gasteiger charge is -2.17. The van der Waals surface area contributed by atoms with Crippen LogP contribution in [-0.2, 0) is 4.74 Å². The zero-order valence-electron chi connectivity index (χ0n) is 11.2. The van der Waals surface area contributed by atoms with Gasteiger partial charge in [-0.25, -0.2) is 0 Å². The van der Waals surface area contributed by atoms with Crippen molar-refractivity contribution in [1.82, 2.24) is 4.90 Å². The Morgan fingerprint density at radius 2 is 2.22 bits per heavy atom. The molecule has 0 aliphatic carbocycles. The number of likely N-dealkylation sites (N-methyl/N-ethyl adjacent to an activating group) is 1. The van der Waals surface area contributed by atoms with Gasteiger partial charge in [0.25, 0.3) is 5.91 Å². The largest absolute Gasteiger partial charge is 0.380 e. The van der Waals surface area contributed by atoms with Crippen molar-refractivity contribution in [3.05, 3.63) is 29.3 Å². The molecule has 0 aliphatic heterocycles. The summed E-state index contributed by atoms with van der Waals surface area (Å²) >= 11 is 0. The van der Waals surface area contributed by atoms with Crippen LogP contribution >= 0.6 is 0 Å². The maximum atomic E-state index is 12.1. The first-order valence-corrected chi connectivity index (χ1v) is 6.00. The van der Waals surface area contributed by atoms with E-state index in [-0.39, 0.29) is 5.91 Å². The number of rotatable bonds is 6. The third kappa shape index (κ3) is 3.72. The van der Waals surface area contributed by atoms with Crippen molar-refractivity contribution < 1.29 is 9.53 Å². The maximum Gasteiger partial charge on any atom is 0.253 e. The summed E-state index contributed by atoms with van der Waals surface area (Å²) in [5, 5.41) is 0. The van der Waals surface area contributed by atoms with Crippen molar-refractivity contribution in [3.8, 4) is 0 Å². The lowest BCUT2D eigenvalue weighted by Crippen LogP contribution is -2.30. The molecule has 0 atom stereocenters. The minimum atomic E-state index is -0.0126. The van der Waals surface area contributed by atoms with Crippen molar-refractivity contribution in [2.24, 2.45) is 5.84 Å². The van der Waals surface area contributed by atoms with Gasteiger partial charge in [-0.3, -0.25) is 10.6 Å². The van der Waals surface area contributed by atoms with E-state index in [1.165, 1.54) is 0 Å². The van der Waals surface area contributed by atoms with Gasteiger partial charge < -0.3 is 15.1 Å². The molecule has 5 nitrogen and oxygen atoms in total. The molecule has 0 saturated carbocycles. The molecule has 0 aliphatic rings. The van der Waals surface area contributed by atoms with Gasteiger partial charge >= 0.3 is 0 Å². The smallest absolute Gasteiger partial charge is 0.253 e. The van der Waals surface area contributed by atoms with E-state index in [9.17, 15) is 4.79 Å². The Bertz CT molecular complexity index is 407. The molecule has 0 spiro atoms. The van der Waals surface area contributed by atoms with Crippen LogP contribution in [0.15, 0.2) is 18.2 Å². The number of aryl methyl sites for hydroxylation is 1. The number of hydrazine groups is 1. The molecule has 0 fully saturated rings. The molecule has 100 valence electrons. The van der Waals surface area contributed by atoms with E-state index in [1.807, 2.05) is 19.9 Å². The Morgan fingerprint density at radius 1 is 1.50 bits per heavy atom. The number of nitrogens with one attached hydrogen (secondary N) is 1. The van der Waals surface area contributed by atoms with Crippen LogP contribution in [0.3, 0.4) is 0 Å². The second kappa shape index (κ2) is 6.98. The first-order valence-electron chi connectivity index (χ1n) is 6.00. The molecule has 1 aromatic carbocycles. The number of hydrogen-bond acceptors (Lipinski definition) is 4. The lowest BCUT2D eigenvalue weighted by molar-refractivity contribution is 0.0710. The van der Waals surface area contributed by atoms with E-state index in [0.29, 0.717) is 25.3 Å². The van der Waals surface area contributed by atoms with Gasteiger partial charge in [0, 0.05) is 25.8 Å². The van der Waals surface area contributed by atoms with E-state index < -0.39 is 0 Å². The first kappa shape index (κ1) is 14.5. The summed E-state index contributed by atoms with van der Waals surface area (Å²) in [6.07, 6.45) is 0. The Labute approximate surface area is 108 Å². The van der Waals surface area contributed by atoms with Crippen molar-refractivity contribution in [2.75, 3.05) is 32.2 Å². The predicted octanol–water partition coefficient (Wildman–Crippen LogP) is 1.39. The minimum absolute atomic E-state index is 0.0126. The molecule has 18 heavy (non-hydrogen) atoms. The van der Waals surface area contributed by atoms with E-state index >= 15 is 0 Å². The molecule has 0 saturated heterocycles. The van der Waals surface area contributed by atoms with E-state index in [2.05, 4.69) is 5.43 Å². The number of nitrogens with zero attached hydrogens (tertiary/aromatic N) is 1. The molecular weight excluding hydrogens is 230 g/mol. The van der Waals surface area contributed by atoms with Gasteiger partial charge in [0.15, 0.2) is 0 Å². The topological polar surface area (TPSA) is 67.6 Å². The number of ether oxygens (including phenoxy) is 1. The normalized spacial score (nSPS) is 10.2. The summed E-state index contributed by atoms with van der Waals surface area (Å²) in [5.74, 6) is 5.34. The molecule has 0 aromatic heterocycles. The molecule has 0 radical (unpaired) electrons. The number of hydrogen-bond donors (Lipinski definition) is 2. The van der Waals surface area contributed by atoms with Gasteiger partial charge in [0.05, 0.1) is 12.3 Å². The highest BCUT2D eigenvalue weighted by Crippen LogP contribution is 2.16. The number of carbonyl (C=O) groups is 1. The average Bonchev–Trinajstić information content (AvgIpc) is 2.38. The fourth-order valence-electron chi connectivity index (χ4n) is 1.63. The standard InChI is InChI=1S/C13H21N3O2/c1-4-18-8-7-16(3)13(17)11-5-6-12(15-14)10(2)9-11/h5-6,9,15H,4,7-8,14H2,1-3H3. The number of amides is 1. The van der Waals surface area contributed by atoms with Gasteiger partial charge in [0.2, 0.25) is 0 Å². The van der Waals surface area contributed by atoms with E-state index in [1.54, 1.807) is 24.1 Å². The SMILES string of the molecule is CCOCCN(C)C(=O)c1ccc(NN)c(C)c1. The van der Waals surface area contributed by atoms with Crippen LogP contribution in [0, 0.1) is 6.92 Å². The maximum absolute atomic E-state index is 12.1. The van der Waals surface area contributed by atoms with Crippen LogP contribution < -0.4 is 11.3 Å². The molecule has 1 aromatic rings. The van der Waals surface area contributed by atoms with Crippen molar-refractivity contribution >= 4 is 11.6 Å². The molecule has 0 heterocycles. The Kier molecular flexibility index (Phi) is 5.61. The summed E-state index contributed by atoms with van der Waals surface area (Å²) in [6, 6.07) is 5.40. The highest BCUT2D eigenvalue weighted by Gasteiger charge is 2.12. The minimum Gasteiger partial charge on any atom is -0.380 e. The van der Waals surface area contributed by atoms with Crippen LogP contribution in [0.2, 0.25) is 0 Å². The quantitative estimate of drug-likeness (QED) is 0.455. The zero-order chi connectivity index (χ0) is 13.5. The Hall–Kier alpha value is -1.59. The van der Waals surface area contributed by atoms with Crippen molar-refractivity contribution in [2.45, 2.75) is 13.8 Å². The fraction of sp³-hybridized carbons (Fsp3) is 0.462. The number of carbonyl (C=O) groups excluding carboxylic acids is 1. The third-order valence-electron chi connectivity index (χ3n) is 2.75. The molecule has 5 heteroatoms. The molecule has 0 unspecified atom stereocenters. The van der Waals surface area contributed by atoms with Crippen LogP contribution in [0.4, 0.5) is 5.69 Å². The Morgan fingerprint density at radius 3 is 2.78 bits per heavy atom. The van der Waals surface area contributed by atoms with Crippen LogP contribution in [0.1, 0.15) is 22.8 Å². The second-order valence-corrected chi connectivity index (χ2v) is 4.10. The number of nitrogens with two attached hydrogens (primary N) is 1. The molecule has 1 amide bonds. The van der Waals surface area contributed by atoms with Crippen LogP contribution in [0.25, 0.3) is 0 Å². The van der Waals surface area contributed by atoms with E-state index in [0.717, 1.165) is 11.3 Å². The average molecular weight is 251 g/mol. The van der Waals surface area contributed by atoms with Gasteiger partial charge in [-0.2, -0.15) is 0 Å². The molecule has 0 bridgehead atoms. The zero-order valence-corrected chi connectivity index (χ0v) is 11.2. The second-order valence-electron chi connectivity index (χ2n) is 4.10. The van der Waals surface area contributed by atoms with E-state index in [4.69, 9.17) is 10.6 Å². The van der Waals surface area contributed by atoms with Gasteiger partial charge in [-0.1, -0.05) is 0 Å². The first-order chi connectivity index (χ1) is 8.60. The predicted molar refractivity (Wildman–Crippen MR) is 72.4 cm³/mol.